The lowest BCUT2D eigenvalue weighted by Crippen LogP contribution is -2.08. The van der Waals surface area contributed by atoms with Crippen LogP contribution in [0.3, 0.4) is 0 Å². The van der Waals surface area contributed by atoms with Crippen LogP contribution in [-0.2, 0) is 6.42 Å². The number of benzene rings is 2. The van der Waals surface area contributed by atoms with Gasteiger partial charge in [0.2, 0.25) is 5.95 Å². The SMILES string of the molecule is COc1ccc(CCOc2nc(NN=Cc3cccc(C)c3)nc(-c3ccsc3)n2)cc1OC. The number of nitrogens with zero attached hydrogens (tertiary/aromatic N) is 4. The van der Waals surface area contributed by atoms with E-state index in [0.717, 1.165) is 22.3 Å². The number of nitrogens with one attached hydrogen (secondary N) is 1. The number of aryl methyl sites for hydroxylation is 1. The first-order chi connectivity index (χ1) is 16.6. The Kier molecular flexibility index (Phi) is 7.67. The molecule has 8 nitrogen and oxygen atoms in total. The summed E-state index contributed by atoms with van der Waals surface area (Å²) >= 11 is 1.57. The summed E-state index contributed by atoms with van der Waals surface area (Å²) in [7, 11) is 3.23. The van der Waals surface area contributed by atoms with Crippen LogP contribution in [0.1, 0.15) is 16.7 Å². The maximum atomic E-state index is 5.88. The molecule has 0 saturated carbocycles. The van der Waals surface area contributed by atoms with E-state index in [1.807, 2.05) is 66.2 Å². The van der Waals surface area contributed by atoms with E-state index < -0.39 is 0 Å². The van der Waals surface area contributed by atoms with Crippen LogP contribution in [-0.4, -0.2) is 42.0 Å². The lowest BCUT2D eigenvalue weighted by molar-refractivity contribution is 0.295. The molecule has 9 heteroatoms. The lowest BCUT2D eigenvalue weighted by atomic mass is 10.1. The molecule has 2 aromatic heterocycles. The number of hydrogen-bond acceptors (Lipinski definition) is 9. The van der Waals surface area contributed by atoms with Crippen molar-refractivity contribution in [2.24, 2.45) is 5.10 Å². The molecule has 0 unspecified atom stereocenters. The van der Waals surface area contributed by atoms with E-state index >= 15 is 0 Å². The fourth-order valence-corrected chi connectivity index (χ4v) is 3.84. The Morgan fingerprint density at radius 2 is 1.88 bits per heavy atom. The van der Waals surface area contributed by atoms with Gasteiger partial charge >= 0.3 is 6.01 Å². The molecule has 4 aromatic rings. The molecule has 0 radical (unpaired) electrons. The molecular weight excluding hydrogens is 450 g/mol. The van der Waals surface area contributed by atoms with Gasteiger partial charge in [-0.3, -0.25) is 0 Å². The van der Waals surface area contributed by atoms with Gasteiger partial charge in [0.1, 0.15) is 0 Å². The minimum atomic E-state index is 0.227. The van der Waals surface area contributed by atoms with Crippen molar-refractivity contribution in [2.45, 2.75) is 13.3 Å². The molecule has 0 aliphatic heterocycles. The van der Waals surface area contributed by atoms with Crippen molar-refractivity contribution in [1.29, 1.82) is 0 Å². The minimum absolute atomic E-state index is 0.227. The van der Waals surface area contributed by atoms with Crippen molar-refractivity contribution in [3.05, 3.63) is 76.0 Å². The normalized spacial score (nSPS) is 10.9. The number of ether oxygens (including phenoxy) is 3. The number of hydrogen-bond donors (Lipinski definition) is 1. The number of methoxy groups -OCH3 is 2. The molecule has 2 heterocycles. The predicted molar refractivity (Wildman–Crippen MR) is 134 cm³/mol. The topological polar surface area (TPSA) is 90.8 Å². The minimum Gasteiger partial charge on any atom is -0.493 e. The highest BCUT2D eigenvalue weighted by Crippen LogP contribution is 2.28. The fraction of sp³-hybridized carbons (Fsp3) is 0.200. The Labute approximate surface area is 202 Å². The molecule has 0 aliphatic rings. The third-order valence-corrected chi connectivity index (χ3v) is 5.57. The molecule has 0 spiro atoms. The molecule has 0 amide bonds. The van der Waals surface area contributed by atoms with Gasteiger partial charge in [-0.25, -0.2) is 5.43 Å². The van der Waals surface area contributed by atoms with Gasteiger partial charge in [0.15, 0.2) is 17.3 Å². The van der Waals surface area contributed by atoms with Crippen molar-refractivity contribution < 1.29 is 14.2 Å². The first-order valence-electron chi connectivity index (χ1n) is 10.6. The van der Waals surface area contributed by atoms with Crippen molar-refractivity contribution in [2.75, 3.05) is 26.3 Å². The summed E-state index contributed by atoms with van der Waals surface area (Å²) in [6.07, 6.45) is 2.37. The number of rotatable bonds is 10. The van der Waals surface area contributed by atoms with Gasteiger partial charge in [0, 0.05) is 17.4 Å². The Morgan fingerprint density at radius 3 is 2.65 bits per heavy atom. The Morgan fingerprint density at radius 1 is 1.00 bits per heavy atom. The van der Waals surface area contributed by atoms with Gasteiger partial charge in [-0.15, -0.1) is 0 Å². The van der Waals surface area contributed by atoms with E-state index in [-0.39, 0.29) is 6.01 Å². The molecule has 2 aromatic carbocycles. The van der Waals surface area contributed by atoms with Crippen molar-refractivity contribution in [3.8, 4) is 28.9 Å². The van der Waals surface area contributed by atoms with Crippen LogP contribution in [0, 0.1) is 6.92 Å². The molecule has 0 fully saturated rings. The average molecular weight is 476 g/mol. The van der Waals surface area contributed by atoms with Crippen molar-refractivity contribution in [3.63, 3.8) is 0 Å². The van der Waals surface area contributed by atoms with Crippen molar-refractivity contribution in [1.82, 2.24) is 15.0 Å². The second kappa shape index (κ2) is 11.2. The van der Waals surface area contributed by atoms with Gasteiger partial charge in [0.05, 0.1) is 27.0 Å². The smallest absolute Gasteiger partial charge is 0.321 e. The van der Waals surface area contributed by atoms with Gasteiger partial charge < -0.3 is 14.2 Å². The maximum Gasteiger partial charge on any atom is 0.321 e. The van der Waals surface area contributed by atoms with Crippen LogP contribution >= 0.6 is 11.3 Å². The van der Waals surface area contributed by atoms with E-state index in [2.05, 4.69) is 25.5 Å². The van der Waals surface area contributed by atoms with E-state index in [1.54, 1.807) is 31.8 Å². The second-order valence-corrected chi connectivity index (χ2v) is 8.13. The van der Waals surface area contributed by atoms with E-state index in [4.69, 9.17) is 14.2 Å². The second-order valence-electron chi connectivity index (χ2n) is 7.35. The number of thiophene rings is 1. The molecule has 174 valence electrons. The Balaban J connectivity index is 1.47. The number of aromatic nitrogens is 3. The van der Waals surface area contributed by atoms with Gasteiger partial charge in [-0.2, -0.15) is 31.4 Å². The molecule has 4 rings (SSSR count). The van der Waals surface area contributed by atoms with E-state index in [9.17, 15) is 0 Å². The van der Waals surface area contributed by atoms with Gasteiger partial charge in [0.25, 0.3) is 0 Å². The zero-order valence-electron chi connectivity index (χ0n) is 19.2. The van der Waals surface area contributed by atoms with Gasteiger partial charge in [-0.1, -0.05) is 35.9 Å². The van der Waals surface area contributed by atoms with Crippen LogP contribution in [0.5, 0.6) is 17.5 Å². The summed E-state index contributed by atoms with van der Waals surface area (Å²) in [4.78, 5) is 13.3. The Hall–Kier alpha value is -3.98. The quantitative estimate of drug-likeness (QED) is 0.255. The highest BCUT2D eigenvalue weighted by Gasteiger charge is 2.11. The first-order valence-corrected chi connectivity index (χ1v) is 11.6. The van der Waals surface area contributed by atoms with E-state index in [0.29, 0.717) is 36.3 Å². The lowest BCUT2D eigenvalue weighted by Gasteiger charge is -2.10. The molecule has 0 atom stereocenters. The number of anilines is 1. The molecular formula is C25H25N5O3S. The average Bonchev–Trinajstić information content (AvgIpc) is 3.39. The summed E-state index contributed by atoms with van der Waals surface area (Å²) in [6, 6.07) is 16.0. The molecule has 34 heavy (non-hydrogen) atoms. The molecule has 0 bridgehead atoms. The summed E-state index contributed by atoms with van der Waals surface area (Å²) in [5.74, 6) is 2.19. The third-order valence-electron chi connectivity index (χ3n) is 4.88. The van der Waals surface area contributed by atoms with E-state index in [1.165, 1.54) is 0 Å². The highest BCUT2D eigenvalue weighted by molar-refractivity contribution is 7.08. The molecule has 0 aliphatic carbocycles. The number of hydrazone groups is 1. The molecule has 1 N–H and O–H groups in total. The maximum absolute atomic E-state index is 5.88. The standard InChI is InChI=1S/C25H25N5O3S/c1-17-5-4-6-19(13-17)15-26-30-24-27-23(20-10-12-34-16-20)28-25(29-24)33-11-9-18-7-8-21(31-2)22(14-18)32-3/h4-8,10,12-16H,9,11H2,1-3H3,(H,27,28,29,30). The first kappa shape index (κ1) is 23.2. The largest absolute Gasteiger partial charge is 0.493 e. The van der Waals surface area contributed by atoms with Gasteiger partial charge in [-0.05, 0) is 41.6 Å². The van der Waals surface area contributed by atoms with Crippen LogP contribution in [0.25, 0.3) is 11.4 Å². The summed E-state index contributed by atoms with van der Waals surface area (Å²) < 4.78 is 16.5. The highest BCUT2D eigenvalue weighted by atomic mass is 32.1. The van der Waals surface area contributed by atoms with Crippen LogP contribution in [0.2, 0.25) is 0 Å². The molecule has 0 saturated heterocycles. The van der Waals surface area contributed by atoms with Crippen LogP contribution in [0.4, 0.5) is 5.95 Å². The summed E-state index contributed by atoms with van der Waals surface area (Å²) in [6.45, 7) is 2.42. The Bertz CT molecular complexity index is 1260. The predicted octanol–water partition coefficient (Wildman–Crippen LogP) is 4.99. The third kappa shape index (κ3) is 6.08. The zero-order valence-corrected chi connectivity index (χ0v) is 20.0. The zero-order chi connectivity index (χ0) is 23.8. The monoisotopic (exact) mass is 475 g/mol. The van der Waals surface area contributed by atoms with Crippen LogP contribution < -0.4 is 19.6 Å². The summed E-state index contributed by atoms with van der Waals surface area (Å²) in [5, 5.41) is 8.22. The summed E-state index contributed by atoms with van der Waals surface area (Å²) in [5.41, 5.74) is 6.97. The van der Waals surface area contributed by atoms with Crippen LogP contribution in [0.15, 0.2) is 64.4 Å². The fourth-order valence-electron chi connectivity index (χ4n) is 3.20. The van der Waals surface area contributed by atoms with Crippen molar-refractivity contribution >= 4 is 23.5 Å².